The molecule has 0 aliphatic carbocycles. The van der Waals surface area contributed by atoms with Crippen molar-refractivity contribution in [1.29, 1.82) is 0 Å². The molecule has 0 aliphatic rings. The summed E-state index contributed by atoms with van der Waals surface area (Å²) in [5.74, 6) is -0.818. The van der Waals surface area contributed by atoms with Crippen LogP contribution in [0.3, 0.4) is 0 Å². The van der Waals surface area contributed by atoms with E-state index in [0.29, 0.717) is 10.9 Å². The molecule has 3 aromatic carbocycles. The summed E-state index contributed by atoms with van der Waals surface area (Å²) in [5.41, 5.74) is 0.595. The van der Waals surface area contributed by atoms with E-state index in [1.807, 2.05) is 12.1 Å². The Morgan fingerprint density at radius 2 is 1.78 bits per heavy atom. The van der Waals surface area contributed by atoms with Gasteiger partial charge in [0.2, 0.25) is 10.0 Å². The Balaban J connectivity index is 1.80. The van der Waals surface area contributed by atoms with E-state index in [9.17, 15) is 18.3 Å². The second kappa shape index (κ2) is 7.38. The lowest BCUT2D eigenvalue weighted by Crippen LogP contribution is -2.22. The number of carbonyl (C=O) groups excluding carboxylic acids is 1. The number of fused-ring (bicyclic) bond motifs is 1. The van der Waals surface area contributed by atoms with Crippen molar-refractivity contribution in [2.24, 2.45) is 0 Å². The summed E-state index contributed by atoms with van der Waals surface area (Å²) in [6, 6.07) is 16.6. The zero-order valence-corrected chi connectivity index (χ0v) is 15.7. The molecule has 0 amide bonds. The molecule has 3 rings (SSSR count). The highest BCUT2D eigenvalue weighted by Crippen LogP contribution is 2.29. The van der Waals surface area contributed by atoms with E-state index in [1.165, 1.54) is 32.3 Å². The van der Waals surface area contributed by atoms with Gasteiger partial charge in [0.1, 0.15) is 17.9 Å². The van der Waals surface area contributed by atoms with Crippen LogP contribution in [0.2, 0.25) is 0 Å². The van der Waals surface area contributed by atoms with Gasteiger partial charge in [-0.1, -0.05) is 42.5 Å². The second-order valence-electron chi connectivity index (χ2n) is 6.19. The Morgan fingerprint density at radius 1 is 1.04 bits per heavy atom. The molecule has 0 aliphatic heterocycles. The third kappa shape index (κ3) is 3.79. The second-order valence-corrected chi connectivity index (χ2v) is 8.35. The van der Waals surface area contributed by atoms with Crippen molar-refractivity contribution in [2.45, 2.75) is 11.5 Å². The van der Waals surface area contributed by atoms with E-state index in [-0.39, 0.29) is 22.8 Å². The minimum absolute atomic E-state index is 0.0609. The number of phenols is 1. The van der Waals surface area contributed by atoms with Gasteiger partial charge >= 0.3 is 5.97 Å². The number of benzene rings is 3. The lowest BCUT2D eigenvalue weighted by molar-refractivity contribution is 0.0469. The number of sulfonamides is 1. The average Bonchev–Trinajstić information content (AvgIpc) is 2.66. The minimum atomic E-state index is -3.57. The standard InChI is InChI=1S/C20H19NO5S/c1-21(2)27(24,25)16-8-5-6-14(12-16)13-26-20(23)18-11-10-15-7-3-4-9-17(15)19(18)22/h3-12,22H,13H2,1-2H3. The highest BCUT2D eigenvalue weighted by molar-refractivity contribution is 7.89. The Labute approximate surface area is 157 Å². The van der Waals surface area contributed by atoms with Crippen molar-refractivity contribution in [3.05, 3.63) is 71.8 Å². The quantitative estimate of drug-likeness (QED) is 0.682. The fourth-order valence-electron chi connectivity index (χ4n) is 2.65. The Morgan fingerprint density at radius 3 is 2.52 bits per heavy atom. The van der Waals surface area contributed by atoms with E-state index in [0.717, 1.165) is 9.69 Å². The van der Waals surface area contributed by atoms with Crippen LogP contribution < -0.4 is 0 Å². The molecule has 7 heteroatoms. The van der Waals surface area contributed by atoms with Crippen molar-refractivity contribution in [3.8, 4) is 5.75 Å². The summed E-state index contributed by atoms with van der Waals surface area (Å²) in [5, 5.41) is 11.7. The Hall–Kier alpha value is -2.90. The van der Waals surface area contributed by atoms with E-state index in [4.69, 9.17) is 4.74 Å². The first-order valence-corrected chi connectivity index (χ1v) is 9.64. The summed E-state index contributed by atoms with van der Waals surface area (Å²) >= 11 is 0. The molecule has 140 valence electrons. The van der Waals surface area contributed by atoms with Gasteiger partial charge in [0.15, 0.2) is 0 Å². The van der Waals surface area contributed by atoms with Gasteiger partial charge in [0, 0.05) is 19.5 Å². The van der Waals surface area contributed by atoms with Gasteiger partial charge in [-0.25, -0.2) is 17.5 Å². The van der Waals surface area contributed by atoms with Gasteiger partial charge in [-0.2, -0.15) is 0 Å². The molecule has 0 atom stereocenters. The normalized spacial score (nSPS) is 11.7. The summed E-state index contributed by atoms with van der Waals surface area (Å²) in [6.45, 7) is -0.109. The number of aromatic hydroxyl groups is 1. The lowest BCUT2D eigenvalue weighted by Gasteiger charge is -2.12. The fourth-order valence-corrected chi connectivity index (χ4v) is 3.63. The number of carbonyl (C=O) groups is 1. The summed E-state index contributed by atoms with van der Waals surface area (Å²) in [6.07, 6.45) is 0. The molecule has 0 bridgehead atoms. The Kier molecular flexibility index (Phi) is 5.16. The third-order valence-corrected chi connectivity index (χ3v) is 5.98. The highest BCUT2D eigenvalue weighted by Gasteiger charge is 2.18. The zero-order chi connectivity index (χ0) is 19.6. The van der Waals surface area contributed by atoms with Gasteiger partial charge in [-0.3, -0.25) is 0 Å². The van der Waals surface area contributed by atoms with Crippen molar-refractivity contribution < 1.29 is 23.1 Å². The molecule has 0 saturated carbocycles. The summed E-state index contributed by atoms with van der Waals surface area (Å²) < 4.78 is 30.8. The largest absolute Gasteiger partial charge is 0.506 e. The van der Waals surface area contributed by atoms with Crippen LogP contribution in [0.25, 0.3) is 10.8 Å². The summed E-state index contributed by atoms with van der Waals surface area (Å²) in [7, 11) is -0.670. The van der Waals surface area contributed by atoms with Crippen LogP contribution in [0.15, 0.2) is 65.6 Å². The number of phenolic OH excluding ortho intramolecular Hbond substituents is 1. The fraction of sp³-hybridized carbons (Fsp3) is 0.150. The van der Waals surface area contributed by atoms with Gasteiger partial charge in [0.25, 0.3) is 0 Å². The number of hydrogen-bond donors (Lipinski definition) is 1. The number of ether oxygens (including phenoxy) is 1. The molecule has 0 heterocycles. The van der Waals surface area contributed by atoms with Crippen LogP contribution in [0.4, 0.5) is 0 Å². The minimum Gasteiger partial charge on any atom is -0.506 e. The van der Waals surface area contributed by atoms with Crippen LogP contribution in [0.5, 0.6) is 5.75 Å². The SMILES string of the molecule is CN(C)S(=O)(=O)c1cccc(COC(=O)c2ccc3ccccc3c2O)c1. The topological polar surface area (TPSA) is 83.9 Å². The number of esters is 1. The van der Waals surface area contributed by atoms with Gasteiger partial charge in [-0.05, 0) is 29.1 Å². The molecule has 1 N–H and O–H groups in total. The van der Waals surface area contributed by atoms with E-state index < -0.39 is 16.0 Å². The van der Waals surface area contributed by atoms with Crippen molar-refractivity contribution in [3.63, 3.8) is 0 Å². The molecule has 3 aromatic rings. The molecular formula is C20H19NO5S. The lowest BCUT2D eigenvalue weighted by atomic mass is 10.1. The van der Waals surface area contributed by atoms with Crippen LogP contribution in [-0.2, 0) is 21.4 Å². The third-order valence-electron chi connectivity index (χ3n) is 4.17. The van der Waals surface area contributed by atoms with Gasteiger partial charge in [-0.15, -0.1) is 0 Å². The number of hydrogen-bond acceptors (Lipinski definition) is 5. The maximum absolute atomic E-state index is 12.4. The number of rotatable bonds is 5. The molecule has 0 radical (unpaired) electrons. The van der Waals surface area contributed by atoms with Crippen LogP contribution in [0, 0.1) is 0 Å². The molecule has 6 nitrogen and oxygen atoms in total. The van der Waals surface area contributed by atoms with E-state index in [1.54, 1.807) is 30.3 Å². The van der Waals surface area contributed by atoms with Gasteiger partial charge in [0.05, 0.1) is 4.90 Å². The van der Waals surface area contributed by atoms with E-state index >= 15 is 0 Å². The average molecular weight is 385 g/mol. The first-order valence-electron chi connectivity index (χ1n) is 8.20. The van der Waals surface area contributed by atoms with Crippen molar-refractivity contribution in [1.82, 2.24) is 4.31 Å². The van der Waals surface area contributed by atoms with Crippen molar-refractivity contribution in [2.75, 3.05) is 14.1 Å². The highest BCUT2D eigenvalue weighted by atomic mass is 32.2. The van der Waals surface area contributed by atoms with Gasteiger partial charge < -0.3 is 9.84 Å². The van der Waals surface area contributed by atoms with Crippen LogP contribution in [0.1, 0.15) is 15.9 Å². The molecule has 27 heavy (non-hydrogen) atoms. The van der Waals surface area contributed by atoms with Crippen molar-refractivity contribution >= 4 is 26.8 Å². The van der Waals surface area contributed by atoms with Crippen LogP contribution >= 0.6 is 0 Å². The monoisotopic (exact) mass is 385 g/mol. The molecule has 0 spiro atoms. The van der Waals surface area contributed by atoms with Crippen LogP contribution in [-0.4, -0.2) is 37.9 Å². The molecular weight excluding hydrogens is 366 g/mol. The first kappa shape index (κ1) is 18.9. The smallest absolute Gasteiger partial charge is 0.342 e. The molecule has 0 aromatic heterocycles. The first-order chi connectivity index (χ1) is 12.8. The molecule has 0 unspecified atom stereocenters. The molecule has 0 saturated heterocycles. The summed E-state index contributed by atoms with van der Waals surface area (Å²) in [4.78, 5) is 12.5. The maximum Gasteiger partial charge on any atom is 0.342 e. The Bertz CT molecular complexity index is 1110. The zero-order valence-electron chi connectivity index (χ0n) is 14.9. The molecule has 0 fully saturated rings. The number of nitrogens with zero attached hydrogens (tertiary/aromatic N) is 1. The maximum atomic E-state index is 12.4. The van der Waals surface area contributed by atoms with E-state index in [2.05, 4.69) is 0 Å². The predicted octanol–water partition coefficient (Wildman–Crippen LogP) is 3.15. The predicted molar refractivity (Wildman–Crippen MR) is 102 cm³/mol.